The van der Waals surface area contributed by atoms with Crippen LogP contribution in [0.1, 0.15) is 28.4 Å². The van der Waals surface area contributed by atoms with Crippen LogP contribution in [0.4, 0.5) is 5.69 Å². The molecule has 1 amide bonds. The van der Waals surface area contributed by atoms with Crippen molar-refractivity contribution in [3.8, 4) is 11.4 Å². The van der Waals surface area contributed by atoms with Gasteiger partial charge >= 0.3 is 0 Å². The molecule has 0 aliphatic rings. The lowest BCUT2D eigenvalue weighted by Crippen LogP contribution is -2.11. The summed E-state index contributed by atoms with van der Waals surface area (Å²) in [4.78, 5) is 20.3. The Balaban J connectivity index is 1.52. The number of aromatic nitrogens is 2. The Labute approximate surface area is 168 Å². The van der Waals surface area contributed by atoms with Crippen molar-refractivity contribution in [2.45, 2.75) is 20.3 Å². The molecule has 0 saturated carbocycles. The fraction of sp³-hybridized carbons (Fsp3) is 0.130. The highest BCUT2D eigenvalue weighted by Crippen LogP contribution is 2.26. The molecule has 0 atom stereocenters. The van der Waals surface area contributed by atoms with Gasteiger partial charge < -0.3 is 10.3 Å². The lowest BCUT2D eigenvalue weighted by Gasteiger charge is -2.06. The van der Waals surface area contributed by atoms with Crippen LogP contribution in [0, 0.1) is 6.92 Å². The maximum Gasteiger partial charge on any atom is 0.255 e. The molecule has 0 fully saturated rings. The molecule has 0 spiro atoms. The van der Waals surface area contributed by atoms with Gasteiger partial charge in [-0.05, 0) is 73.0 Å². The van der Waals surface area contributed by atoms with Crippen molar-refractivity contribution in [3.63, 3.8) is 0 Å². The van der Waals surface area contributed by atoms with E-state index in [0.717, 1.165) is 40.1 Å². The van der Waals surface area contributed by atoms with E-state index in [2.05, 4.69) is 22.2 Å². The number of carbonyl (C=O) groups is 1. The summed E-state index contributed by atoms with van der Waals surface area (Å²) in [6, 6.07) is 19.1. The number of fused-ring (bicyclic) bond motifs is 1. The van der Waals surface area contributed by atoms with Gasteiger partial charge in [-0.3, -0.25) is 4.79 Å². The molecule has 0 aliphatic carbocycles. The number of aromatic amines is 1. The second-order valence-electron chi connectivity index (χ2n) is 6.79. The number of anilines is 1. The molecule has 4 rings (SSSR count). The summed E-state index contributed by atoms with van der Waals surface area (Å²) >= 11 is 6.19. The van der Waals surface area contributed by atoms with Gasteiger partial charge in [0.05, 0.1) is 11.0 Å². The lowest BCUT2D eigenvalue weighted by atomic mass is 10.1. The molecule has 4 aromatic rings. The summed E-state index contributed by atoms with van der Waals surface area (Å²) in [6.07, 6.45) is 0.955. The first-order valence-corrected chi connectivity index (χ1v) is 9.58. The third-order valence-electron chi connectivity index (χ3n) is 4.80. The number of H-pyrrole nitrogens is 1. The van der Waals surface area contributed by atoms with E-state index in [1.165, 1.54) is 5.56 Å². The van der Waals surface area contributed by atoms with E-state index in [0.29, 0.717) is 10.6 Å². The van der Waals surface area contributed by atoms with Crippen molar-refractivity contribution >= 4 is 34.2 Å². The van der Waals surface area contributed by atoms with Gasteiger partial charge in [0.2, 0.25) is 0 Å². The highest BCUT2D eigenvalue weighted by Gasteiger charge is 2.09. The third-order valence-corrected chi connectivity index (χ3v) is 5.21. The van der Waals surface area contributed by atoms with E-state index in [1.54, 1.807) is 0 Å². The quantitative estimate of drug-likeness (QED) is 0.449. The lowest BCUT2D eigenvalue weighted by molar-refractivity contribution is 0.102. The van der Waals surface area contributed by atoms with Gasteiger partial charge in [-0.1, -0.05) is 30.7 Å². The molecule has 28 heavy (non-hydrogen) atoms. The maximum atomic E-state index is 12.4. The van der Waals surface area contributed by atoms with Crippen molar-refractivity contribution in [1.82, 2.24) is 9.97 Å². The molecule has 1 heterocycles. The smallest absolute Gasteiger partial charge is 0.255 e. The molecule has 0 aliphatic heterocycles. The average Bonchev–Trinajstić information content (AvgIpc) is 3.11. The highest BCUT2D eigenvalue weighted by molar-refractivity contribution is 6.32. The average molecular weight is 390 g/mol. The van der Waals surface area contributed by atoms with E-state index in [4.69, 9.17) is 11.6 Å². The number of nitrogens with one attached hydrogen (secondary N) is 2. The Morgan fingerprint density at radius 2 is 1.79 bits per heavy atom. The van der Waals surface area contributed by atoms with Crippen LogP contribution in [0.15, 0.2) is 60.7 Å². The van der Waals surface area contributed by atoms with Gasteiger partial charge in [0.15, 0.2) is 0 Å². The molecular formula is C23H20ClN3O. The van der Waals surface area contributed by atoms with Crippen LogP contribution in [-0.4, -0.2) is 15.9 Å². The summed E-state index contributed by atoms with van der Waals surface area (Å²) in [5.41, 5.74) is 6.32. The molecule has 0 saturated heterocycles. The summed E-state index contributed by atoms with van der Waals surface area (Å²) in [7, 11) is 0. The largest absolute Gasteiger partial charge is 0.338 e. The summed E-state index contributed by atoms with van der Waals surface area (Å²) in [5, 5.41) is 3.63. The van der Waals surface area contributed by atoms with Crippen molar-refractivity contribution in [2.24, 2.45) is 0 Å². The van der Waals surface area contributed by atoms with Crippen LogP contribution in [0.25, 0.3) is 22.4 Å². The standard InChI is InChI=1S/C23H20ClN3O/c1-3-15-4-6-17(7-5-15)23(28)25-18-10-8-16(9-11-18)22-26-20-12-14(2)19(24)13-21(20)27-22/h4-13H,3H2,1-2H3,(H,25,28)(H,26,27). The van der Waals surface area contributed by atoms with E-state index in [1.807, 2.05) is 67.6 Å². The second-order valence-corrected chi connectivity index (χ2v) is 7.19. The first-order valence-electron chi connectivity index (χ1n) is 9.20. The molecular weight excluding hydrogens is 370 g/mol. The Morgan fingerprint density at radius 1 is 1.07 bits per heavy atom. The fourth-order valence-corrected chi connectivity index (χ4v) is 3.24. The molecule has 2 N–H and O–H groups in total. The molecule has 1 aromatic heterocycles. The number of rotatable bonds is 4. The number of carbonyl (C=O) groups excluding carboxylic acids is 1. The molecule has 0 bridgehead atoms. The van der Waals surface area contributed by atoms with Crippen LogP contribution in [0.2, 0.25) is 5.02 Å². The molecule has 4 nitrogen and oxygen atoms in total. The Morgan fingerprint density at radius 3 is 2.46 bits per heavy atom. The van der Waals surface area contributed by atoms with Crippen LogP contribution in [0.3, 0.4) is 0 Å². The van der Waals surface area contributed by atoms with Crippen LogP contribution in [-0.2, 0) is 6.42 Å². The van der Waals surface area contributed by atoms with Gasteiger partial charge in [-0.25, -0.2) is 4.98 Å². The molecule has 3 aromatic carbocycles. The SMILES string of the molecule is CCc1ccc(C(=O)Nc2ccc(-c3nc4cc(Cl)c(C)cc4[nH]3)cc2)cc1. The highest BCUT2D eigenvalue weighted by atomic mass is 35.5. The summed E-state index contributed by atoms with van der Waals surface area (Å²) in [5.74, 6) is 0.647. The van der Waals surface area contributed by atoms with Crippen molar-refractivity contribution in [3.05, 3.63) is 82.4 Å². The first kappa shape index (κ1) is 18.3. The predicted molar refractivity (Wildman–Crippen MR) is 115 cm³/mol. The third kappa shape index (κ3) is 3.64. The predicted octanol–water partition coefficient (Wildman–Crippen LogP) is 6.01. The first-order chi connectivity index (χ1) is 13.5. The number of hydrogen-bond donors (Lipinski definition) is 2. The topological polar surface area (TPSA) is 57.8 Å². The molecule has 0 radical (unpaired) electrons. The van der Waals surface area contributed by atoms with E-state index in [-0.39, 0.29) is 5.91 Å². The summed E-state index contributed by atoms with van der Waals surface area (Å²) in [6.45, 7) is 4.06. The number of amides is 1. The number of benzene rings is 3. The Kier molecular flexibility index (Phi) is 4.88. The van der Waals surface area contributed by atoms with E-state index in [9.17, 15) is 4.79 Å². The van der Waals surface area contributed by atoms with E-state index < -0.39 is 0 Å². The van der Waals surface area contributed by atoms with Crippen LogP contribution >= 0.6 is 11.6 Å². The van der Waals surface area contributed by atoms with Crippen molar-refractivity contribution in [2.75, 3.05) is 5.32 Å². The second kappa shape index (κ2) is 7.49. The van der Waals surface area contributed by atoms with Gasteiger partial charge in [0, 0.05) is 21.8 Å². The van der Waals surface area contributed by atoms with Crippen molar-refractivity contribution in [1.29, 1.82) is 0 Å². The zero-order valence-electron chi connectivity index (χ0n) is 15.7. The Bertz CT molecular complexity index is 1110. The zero-order valence-corrected chi connectivity index (χ0v) is 16.5. The van der Waals surface area contributed by atoms with Gasteiger partial charge in [0.1, 0.15) is 5.82 Å². The Hall–Kier alpha value is -3.11. The minimum Gasteiger partial charge on any atom is -0.338 e. The number of nitrogens with zero attached hydrogens (tertiary/aromatic N) is 1. The number of imidazole rings is 1. The van der Waals surface area contributed by atoms with Gasteiger partial charge in [-0.2, -0.15) is 0 Å². The zero-order chi connectivity index (χ0) is 19.7. The van der Waals surface area contributed by atoms with Gasteiger partial charge in [-0.15, -0.1) is 0 Å². The molecule has 0 unspecified atom stereocenters. The number of aryl methyl sites for hydroxylation is 2. The molecule has 140 valence electrons. The van der Waals surface area contributed by atoms with Crippen molar-refractivity contribution < 1.29 is 4.79 Å². The minimum absolute atomic E-state index is 0.121. The molecule has 5 heteroatoms. The maximum absolute atomic E-state index is 12.4. The monoisotopic (exact) mass is 389 g/mol. The number of halogens is 1. The normalized spacial score (nSPS) is 11.0. The van der Waals surface area contributed by atoms with E-state index >= 15 is 0 Å². The fourth-order valence-electron chi connectivity index (χ4n) is 3.08. The van der Waals surface area contributed by atoms with Crippen LogP contribution < -0.4 is 5.32 Å². The minimum atomic E-state index is -0.121. The number of hydrogen-bond acceptors (Lipinski definition) is 2. The van der Waals surface area contributed by atoms with Gasteiger partial charge in [0.25, 0.3) is 5.91 Å². The summed E-state index contributed by atoms with van der Waals surface area (Å²) < 4.78 is 0. The van der Waals surface area contributed by atoms with Crippen LogP contribution in [0.5, 0.6) is 0 Å².